The van der Waals surface area contributed by atoms with Crippen molar-refractivity contribution in [2.24, 2.45) is 11.8 Å². The molecule has 0 fully saturated rings. The Balaban J connectivity index is 2.48. The van der Waals surface area contributed by atoms with Crippen molar-refractivity contribution in [3.05, 3.63) is 11.6 Å². The third kappa shape index (κ3) is 4.20. The molecule has 16 heavy (non-hydrogen) atoms. The SMILES string of the molecule is CC(C)C1=CC(SCCC(=O)O)C(C)CC1. The highest BCUT2D eigenvalue weighted by Gasteiger charge is 2.22. The number of aliphatic carboxylic acids is 1. The molecule has 0 aromatic rings. The molecule has 1 aliphatic carbocycles. The van der Waals surface area contributed by atoms with Crippen LogP contribution >= 0.6 is 11.8 Å². The molecule has 1 rings (SSSR count). The molecule has 2 unspecified atom stereocenters. The first kappa shape index (κ1) is 13.6. The molecule has 0 aromatic carbocycles. The molecule has 2 nitrogen and oxygen atoms in total. The van der Waals surface area contributed by atoms with Gasteiger partial charge in [-0.25, -0.2) is 0 Å². The van der Waals surface area contributed by atoms with Crippen LogP contribution in [0, 0.1) is 11.8 Å². The molecule has 1 N–H and O–H groups in total. The van der Waals surface area contributed by atoms with E-state index in [1.54, 1.807) is 17.3 Å². The minimum Gasteiger partial charge on any atom is -0.481 e. The Morgan fingerprint density at radius 2 is 2.31 bits per heavy atom. The van der Waals surface area contributed by atoms with Crippen molar-refractivity contribution in [1.82, 2.24) is 0 Å². The van der Waals surface area contributed by atoms with Crippen molar-refractivity contribution in [3.8, 4) is 0 Å². The summed E-state index contributed by atoms with van der Waals surface area (Å²) in [5, 5.41) is 9.14. The summed E-state index contributed by atoms with van der Waals surface area (Å²) in [5.41, 5.74) is 1.55. The average Bonchev–Trinajstić information content (AvgIpc) is 2.20. The van der Waals surface area contributed by atoms with Crippen LogP contribution in [0.25, 0.3) is 0 Å². The lowest BCUT2D eigenvalue weighted by Crippen LogP contribution is -2.19. The van der Waals surface area contributed by atoms with Gasteiger partial charge in [0.25, 0.3) is 0 Å². The van der Waals surface area contributed by atoms with Crippen LogP contribution in [0.15, 0.2) is 11.6 Å². The van der Waals surface area contributed by atoms with E-state index in [9.17, 15) is 4.79 Å². The summed E-state index contributed by atoms with van der Waals surface area (Å²) in [4.78, 5) is 10.5. The van der Waals surface area contributed by atoms with Crippen LogP contribution in [0.2, 0.25) is 0 Å². The number of thioether (sulfide) groups is 1. The second kappa shape index (κ2) is 6.33. The van der Waals surface area contributed by atoms with Gasteiger partial charge in [-0.3, -0.25) is 4.79 Å². The Hall–Kier alpha value is -0.440. The first-order chi connectivity index (χ1) is 7.50. The quantitative estimate of drug-likeness (QED) is 0.749. The molecule has 2 atom stereocenters. The van der Waals surface area contributed by atoms with Gasteiger partial charge in [0, 0.05) is 11.0 Å². The van der Waals surface area contributed by atoms with Crippen LogP contribution in [0.5, 0.6) is 0 Å². The van der Waals surface area contributed by atoms with Gasteiger partial charge >= 0.3 is 5.97 Å². The highest BCUT2D eigenvalue weighted by molar-refractivity contribution is 8.00. The molecule has 0 aliphatic heterocycles. The third-order valence-electron chi connectivity index (χ3n) is 3.20. The molecule has 0 spiro atoms. The lowest BCUT2D eigenvalue weighted by molar-refractivity contribution is -0.136. The highest BCUT2D eigenvalue weighted by Crippen LogP contribution is 2.34. The fourth-order valence-corrected chi connectivity index (χ4v) is 3.29. The molecular weight excluding hydrogens is 220 g/mol. The van der Waals surface area contributed by atoms with Crippen molar-refractivity contribution in [2.75, 3.05) is 5.75 Å². The first-order valence-electron chi connectivity index (χ1n) is 6.04. The minimum atomic E-state index is -0.691. The topological polar surface area (TPSA) is 37.3 Å². The fraction of sp³-hybridized carbons (Fsp3) is 0.769. The molecule has 3 heteroatoms. The summed E-state index contributed by atoms with van der Waals surface area (Å²) < 4.78 is 0. The summed E-state index contributed by atoms with van der Waals surface area (Å²) in [5.74, 6) is 1.35. The molecule has 1 aliphatic rings. The monoisotopic (exact) mass is 242 g/mol. The van der Waals surface area contributed by atoms with Gasteiger partial charge in [-0.05, 0) is 24.7 Å². The van der Waals surface area contributed by atoms with Crippen LogP contribution in [0.3, 0.4) is 0 Å². The van der Waals surface area contributed by atoms with E-state index in [4.69, 9.17) is 5.11 Å². The Bertz CT molecular complexity index is 271. The van der Waals surface area contributed by atoms with Crippen molar-refractivity contribution >= 4 is 17.7 Å². The van der Waals surface area contributed by atoms with Crippen molar-refractivity contribution in [1.29, 1.82) is 0 Å². The van der Waals surface area contributed by atoms with E-state index in [2.05, 4.69) is 26.8 Å². The number of carboxylic acids is 1. The van der Waals surface area contributed by atoms with E-state index < -0.39 is 5.97 Å². The van der Waals surface area contributed by atoms with E-state index >= 15 is 0 Å². The van der Waals surface area contributed by atoms with Crippen molar-refractivity contribution in [2.45, 2.75) is 45.3 Å². The van der Waals surface area contributed by atoms with Crippen LogP contribution < -0.4 is 0 Å². The van der Waals surface area contributed by atoms with Gasteiger partial charge in [0.15, 0.2) is 0 Å². The Kier molecular flexibility index (Phi) is 5.39. The number of carbonyl (C=O) groups is 1. The summed E-state index contributed by atoms with van der Waals surface area (Å²) >= 11 is 1.80. The Labute approximate surface area is 103 Å². The number of carboxylic acid groups (broad SMARTS) is 1. The van der Waals surface area contributed by atoms with Gasteiger partial charge in [0.05, 0.1) is 6.42 Å². The molecule has 92 valence electrons. The van der Waals surface area contributed by atoms with E-state index in [-0.39, 0.29) is 6.42 Å². The highest BCUT2D eigenvalue weighted by atomic mass is 32.2. The number of hydrogen-bond acceptors (Lipinski definition) is 2. The summed E-state index contributed by atoms with van der Waals surface area (Å²) in [6, 6.07) is 0. The predicted molar refractivity (Wildman–Crippen MR) is 69.8 cm³/mol. The molecule has 0 radical (unpaired) electrons. The molecule has 0 heterocycles. The molecular formula is C13H22O2S. The van der Waals surface area contributed by atoms with E-state index in [1.807, 2.05) is 0 Å². The zero-order chi connectivity index (χ0) is 12.1. The normalized spacial score (nSPS) is 25.6. The maximum atomic E-state index is 10.5. The maximum Gasteiger partial charge on any atom is 0.304 e. The van der Waals surface area contributed by atoms with Crippen LogP contribution in [0.1, 0.15) is 40.0 Å². The van der Waals surface area contributed by atoms with Gasteiger partial charge in [-0.15, -0.1) is 0 Å². The summed E-state index contributed by atoms with van der Waals surface area (Å²) in [7, 11) is 0. The molecule has 0 amide bonds. The number of allylic oxidation sites excluding steroid dienone is 1. The largest absolute Gasteiger partial charge is 0.481 e. The number of rotatable bonds is 5. The van der Waals surface area contributed by atoms with Gasteiger partial charge in [-0.2, -0.15) is 11.8 Å². The van der Waals surface area contributed by atoms with E-state index in [0.717, 1.165) is 5.75 Å². The van der Waals surface area contributed by atoms with Crippen molar-refractivity contribution < 1.29 is 9.90 Å². The van der Waals surface area contributed by atoms with Gasteiger partial charge in [-0.1, -0.05) is 32.4 Å². The Morgan fingerprint density at radius 1 is 1.62 bits per heavy atom. The van der Waals surface area contributed by atoms with Crippen molar-refractivity contribution in [3.63, 3.8) is 0 Å². The van der Waals surface area contributed by atoms with E-state index in [0.29, 0.717) is 17.1 Å². The standard InChI is InChI=1S/C13H22O2S/c1-9(2)11-5-4-10(3)12(8-11)16-7-6-13(14)15/h8-10,12H,4-7H2,1-3H3,(H,14,15). The lowest BCUT2D eigenvalue weighted by Gasteiger charge is -2.28. The van der Waals surface area contributed by atoms with Gasteiger partial charge in [0.1, 0.15) is 0 Å². The molecule has 0 bridgehead atoms. The smallest absolute Gasteiger partial charge is 0.304 e. The first-order valence-corrected chi connectivity index (χ1v) is 7.09. The number of hydrogen-bond donors (Lipinski definition) is 1. The molecule has 0 aromatic heterocycles. The zero-order valence-electron chi connectivity index (χ0n) is 10.4. The minimum absolute atomic E-state index is 0.277. The second-order valence-electron chi connectivity index (χ2n) is 4.89. The second-order valence-corrected chi connectivity index (χ2v) is 6.18. The Morgan fingerprint density at radius 3 is 2.88 bits per heavy atom. The third-order valence-corrected chi connectivity index (χ3v) is 4.62. The van der Waals surface area contributed by atoms with Gasteiger partial charge < -0.3 is 5.11 Å². The van der Waals surface area contributed by atoms with Crippen LogP contribution in [-0.2, 0) is 4.79 Å². The average molecular weight is 242 g/mol. The summed E-state index contributed by atoms with van der Waals surface area (Å²) in [6.45, 7) is 6.74. The predicted octanol–water partition coefficient (Wildman–Crippen LogP) is 3.58. The fourth-order valence-electron chi connectivity index (χ4n) is 1.99. The van der Waals surface area contributed by atoms with Crippen LogP contribution in [-0.4, -0.2) is 22.1 Å². The van der Waals surface area contributed by atoms with E-state index in [1.165, 1.54) is 12.8 Å². The van der Waals surface area contributed by atoms with Crippen LogP contribution in [0.4, 0.5) is 0 Å². The summed E-state index contributed by atoms with van der Waals surface area (Å²) in [6.07, 6.45) is 5.12. The maximum absolute atomic E-state index is 10.5. The molecule has 0 saturated carbocycles. The zero-order valence-corrected chi connectivity index (χ0v) is 11.2. The lowest BCUT2D eigenvalue weighted by atomic mass is 9.86. The molecule has 0 saturated heterocycles. The van der Waals surface area contributed by atoms with Gasteiger partial charge in [0.2, 0.25) is 0 Å².